The number of carboxylic acid groups (broad SMARTS) is 1. The predicted octanol–water partition coefficient (Wildman–Crippen LogP) is -0.825. The molecule has 0 saturated carbocycles. The molecule has 0 fully saturated rings. The number of hydrogen-bond acceptors (Lipinski definition) is 1. The molecule has 0 saturated heterocycles. The monoisotopic (exact) mass is 85.0 g/mol. The van der Waals surface area contributed by atoms with Crippen LogP contribution in [0.1, 0.15) is 6.92 Å². The summed E-state index contributed by atoms with van der Waals surface area (Å²) < 4.78 is 0. The van der Waals surface area contributed by atoms with E-state index in [2.05, 4.69) is 0 Å². The first-order valence-corrected chi connectivity index (χ1v) is 0.928. The van der Waals surface area contributed by atoms with Crippen LogP contribution < -0.4 is 0 Å². The fourth-order valence-corrected chi connectivity index (χ4v) is 0. The Morgan fingerprint density at radius 1 is 1.80 bits per heavy atom. The number of hydrogen-bond donors (Lipinski definition) is 1. The van der Waals surface area contributed by atoms with E-state index >= 15 is 0 Å². The predicted molar refractivity (Wildman–Crippen MR) is 21.9 cm³/mol. The molecule has 0 aromatic rings. The Kier molecular flexibility index (Phi) is 8.11. The summed E-state index contributed by atoms with van der Waals surface area (Å²) >= 11 is 0. The van der Waals surface area contributed by atoms with E-state index in [1.807, 2.05) is 0 Å². The molecule has 0 aliphatic heterocycles. The fraction of sp³-hybridized carbons (Fsp3) is 0.500. The maximum absolute atomic E-state index is 9.00. The number of carbonyl (C=O) groups is 1. The van der Waals surface area contributed by atoms with Crippen molar-refractivity contribution in [3.8, 4) is 0 Å². The van der Waals surface area contributed by atoms with Gasteiger partial charge in [0.25, 0.3) is 5.97 Å². The Hall–Kier alpha value is 0.470. The average molecular weight is 85.1 g/mol. The van der Waals surface area contributed by atoms with Crippen LogP contribution in [0.3, 0.4) is 0 Å². The van der Waals surface area contributed by atoms with Crippen molar-refractivity contribution in [2.45, 2.75) is 6.92 Å². The molecule has 2 nitrogen and oxygen atoms in total. The van der Waals surface area contributed by atoms with Gasteiger partial charge in [-0.15, -0.1) is 0 Å². The molecule has 0 spiro atoms. The molecular weight excluding hydrogens is 79.0 g/mol. The first-order valence-electron chi connectivity index (χ1n) is 0.928. The summed E-state index contributed by atoms with van der Waals surface area (Å²) in [4.78, 5) is 9.00. The van der Waals surface area contributed by atoms with Gasteiger partial charge in [0.05, 0.1) is 0 Å². The SMILES string of the molecule is CC(=O)O.[NaH2]. The van der Waals surface area contributed by atoms with Gasteiger partial charge in [0.15, 0.2) is 0 Å². The minimum absolute atomic E-state index is 0. The zero-order valence-electron chi connectivity index (χ0n) is 2.36. The third kappa shape index (κ3) is 123. The normalized spacial score (nSPS) is 5.00. The van der Waals surface area contributed by atoms with Gasteiger partial charge < -0.3 is 5.11 Å². The van der Waals surface area contributed by atoms with Crippen LogP contribution in [0, 0.1) is 0 Å². The molecule has 0 aliphatic rings. The summed E-state index contributed by atoms with van der Waals surface area (Å²) in [6, 6.07) is 0. The molecule has 0 unspecified atom stereocenters. The van der Waals surface area contributed by atoms with Crippen LogP contribution in [0.5, 0.6) is 0 Å². The Balaban J connectivity index is 0. The topological polar surface area (TPSA) is 37.3 Å². The molecular formula is C2H6NaO2. The Morgan fingerprint density at radius 3 is 1.80 bits per heavy atom. The standard InChI is InChI=1S/C2H4O2.Na.2H/c1-2(3)4;;;/h1H3,(H,3,4);;;. The second kappa shape index (κ2) is 4.47. The number of aliphatic carboxylic acids is 1. The van der Waals surface area contributed by atoms with Crippen LogP contribution in [-0.4, -0.2) is 40.6 Å². The summed E-state index contributed by atoms with van der Waals surface area (Å²) in [5.41, 5.74) is 0. The second-order valence-corrected chi connectivity index (χ2v) is 0.519. The molecule has 3 heteroatoms. The fourth-order valence-electron chi connectivity index (χ4n) is 0. The third-order valence-electron chi connectivity index (χ3n) is 0. The molecule has 1 N–H and O–H groups in total. The van der Waals surface area contributed by atoms with E-state index < -0.39 is 5.97 Å². The summed E-state index contributed by atoms with van der Waals surface area (Å²) in [5, 5.41) is 7.42. The second-order valence-electron chi connectivity index (χ2n) is 0.519. The van der Waals surface area contributed by atoms with Crippen molar-refractivity contribution in [1.29, 1.82) is 0 Å². The quantitative estimate of drug-likeness (QED) is 0.390. The van der Waals surface area contributed by atoms with E-state index in [1.165, 1.54) is 0 Å². The van der Waals surface area contributed by atoms with Crippen LogP contribution in [0.2, 0.25) is 0 Å². The Labute approximate surface area is 52.5 Å². The molecule has 0 rings (SSSR count). The molecule has 0 heterocycles. The zero-order chi connectivity index (χ0) is 3.58. The van der Waals surface area contributed by atoms with Crippen molar-refractivity contribution in [3.05, 3.63) is 0 Å². The van der Waals surface area contributed by atoms with E-state index in [1.54, 1.807) is 0 Å². The van der Waals surface area contributed by atoms with E-state index in [-0.39, 0.29) is 29.6 Å². The van der Waals surface area contributed by atoms with Crippen molar-refractivity contribution >= 4 is 35.5 Å². The Bertz CT molecular complexity index is 30.6. The van der Waals surface area contributed by atoms with Crippen molar-refractivity contribution < 1.29 is 9.90 Å². The minimum atomic E-state index is -0.833. The molecule has 0 aromatic carbocycles. The van der Waals surface area contributed by atoms with E-state index in [4.69, 9.17) is 9.90 Å². The van der Waals surface area contributed by atoms with Gasteiger partial charge in [0.1, 0.15) is 0 Å². The van der Waals surface area contributed by atoms with Gasteiger partial charge >= 0.3 is 29.6 Å². The average Bonchev–Trinajstić information content (AvgIpc) is 0.811. The van der Waals surface area contributed by atoms with E-state index in [9.17, 15) is 0 Å². The number of rotatable bonds is 0. The van der Waals surface area contributed by atoms with E-state index in [0.717, 1.165) is 6.92 Å². The molecule has 0 atom stereocenters. The van der Waals surface area contributed by atoms with Gasteiger partial charge in [0, 0.05) is 6.92 Å². The molecule has 5 heavy (non-hydrogen) atoms. The molecule has 0 aromatic heterocycles. The van der Waals surface area contributed by atoms with Crippen LogP contribution in [0.25, 0.3) is 0 Å². The van der Waals surface area contributed by atoms with Gasteiger partial charge in [-0.2, -0.15) is 0 Å². The van der Waals surface area contributed by atoms with Crippen molar-refractivity contribution in [2.75, 3.05) is 0 Å². The van der Waals surface area contributed by atoms with Gasteiger partial charge in [-0.1, -0.05) is 0 Å². The Morgan fingerprint density at radius 2 is 1.80 bits per heavy atom. The molecule has 0 bridgehead atoms. The first-order chi connectivity index (χ1) is 1.73. The van der Waals surface area contributed by atoms with Gasteiger partial charge in [-0.3, -0.25) is 4.79 Å². The molecule has 0 aliphatic carbocycles. The van der Waals surface area contributed by atoms with Crippen molar-refractivity contribution in [2.24, 2.45) is 0 Å². The number of carboxylic acids is 1. The van der Waals surface area contributed by atoms with Crippen LogP contribution in [0.15, 0.2) is 0 Å². The van der Waals surface area contributed by atoms with Crippen LogP contribution >= 0.6 is 0 Å². The van der Waals surface area contributed by atoms with E-state index in [0.29, 0.717) is 0 Å². The summed E-state index contributed by atoms with van der Waals surface area (Å²) in [6.45, 7) is 1.08. The van der Waals surface area contributed by atoms with Gasteiger partial charge in [-0.25, -0.2) is 0 Å². The summed E-state index contributed by atoms with van der Waals surface area (Å²) in [6.07, 6.45) is 0. The maximum atomic E-state index is 9.00. The van der Waals surface area contributed by atoms with Gasteiger partial charge in [-0.05, 0) is 0 Å². The van der Waals surface area contributed by atoms with Gasteiger partial charge in [0.2, 0.25) is 0 Å². The van der Waals surface area contributed by atoms with Crippen LogP contribution in [0.4, 0.5) is 0 Å². The zero-order valence-corrected chi connectivity index (χ0v) is 2.36. The summed E-state index contributed by atoms with van der Waals surface area (Å²) in [7, 11) is 0. The first kappa shape index (κ1) is 9.08. The van der Waals surface area contributed by atoms with Crippen molar-refractivity contribution in [1.82, 2.24) is 0 Å². The van der Waals surface area contributed by atoms with Crippen molar-refractivity contribution in [3.63, 3.8) is 0 Å². The molecule has 5 radical (unpaired) electrons. The third-order valence-corrected chi connectivity index (χ3v) is 0. The van der Waals surface area contributed by atoms with Crippen LogP contribution in [-0.2, 0) is 4.79 Å². The molecule has 0 amide bonds. The molecule has 27 valence electrons. The summed E-state index contributed by atoms with van der Waals surface area (Å²) in [5.74, 6) is -0.833.